The van der Waals surface area contributed by atoms with Crippen LogP contribution in [0.15, 0.2) is 115 Å². The van der Waals surface area contributed by atoms with Crippen LogP contribution in [0.5, 0.6) is 5.75 Å². The van der Waals surface area contributed by atoms with Crippen LogP contribution >= 0.6 is 0 Å². The van der Waals surface area contributed by atoms with Crippen molar-refractivity contribution < 1.29 is 47.6 Å². The summed E-state index contributed by atoms with van der Waals surface area (Å²) in [6, 6.07) is 35.3. The Morgan fingerprint density at radius 1 is 0.571 bits per heavy atom. The normalized spacial score (nSPS) is 20.4. The molecule has 49 heavy (non-hydrogen) atoms. The number of esters is 3. The Hall–Kier alpha value is -5.32. The summed E-state index contributed by atoms with van der Waals surface area (Å²) >= 11 is 0. The van der Waals surface area contributed by atoms with E-state index >= 15 is 0 Å². The lowest BCUT2D eigenvalue weighted by Crippen LogP contribution is -2.63. The van der Waals surface area contributed by atoms with Gasteiger partial charge in [0.05, 0.1) is 6.61 Å². The molecule has 0 saturated carbocycles. The predicted octanol–water partition coefficient (Wildman–Crippen LogP) is 5.80. The van der Waals surface area contributed by atoms with E-state index in [1.165, 1.54) is 27.7 Å². The van der Waals surface area contributed by atoms with Gasteiger partial charge in [-0.1, -0.05) is 91.0 Å². The number of ketones is 1. The fourth-order valence-corrected chi connectivity index (χ4v) is 5.96. The molecule has 0 unspecified atom stereocenters. The van der Waals surface area contributed by atoms with E-state index in [1.54, 1.807) is 24.3 Å². The van der Waals surface area contributed by atoms with Gasteiger partial charge in [0.25, 0.3) is 0 Å². The quantitative estimate of drug-likeness (QED) is 0.0794. The number of carbonyl (C=O) groups excluding carboxylic acids is 4. The van der Waals surface area contributed by atoms with Crippen molar-refractivity contribution in [2.45, 2.75) is 64.0 Å². The van der Waals surface area contributed by atoms with Gasteiger partial charge >= 0.3 is 17.9 Å². The van der Waals surface area contributed by atoms with Crippen LogP contribution in [-0.4, -0.2) is 61.0 Å². The van der Waals surface area contributed by atoms with Crippen LogP contribution in [0.3, 0.4) is 0 Å². The first kappa shape index (κ1) is 35.0. The number of rotatable bonds is 12. The van der Waals surface area contributed by atoms with E-state index in [1.807, 2.05) is 91.0 Å². The molecule has 5 atom stereocenters. The molecular formula is C39H38O10. The van der Waals surface area contributed by atoms with Crippen molar-refractivity contribution in [2.75, 3.05) is 6.61 Å². The van der Waals surface area contributed by atoms with Crippen molar-refractivity contribution >= 4 is 23.7 Å². The van der Waals surface area contributed by atoms with Gasteiger partial charge in [0, 0.05) is 26.3 Å². The monoisotopic (exact) mass is 666 g/mol. The number of ether oxygens (including phenoxy) is 6. The van der Waals surface area contributed by atoms with Crippen molar-refractivity contribution in [2.24, 2.45) is 0 Å². The Morgan fingerprint density at radius 2 is 1.00 bits per heavy atom. The SMILES string of the molecule is CC(=O)O[C@@H]1[C@@H](OC(C)=O)[C@H](Oc2ccc(C(C)=O)cc2)O[C@H](COC(c2ccccc2)(c2ccccc2)c2ccccc2)[C@H]1OC(C)=O. The first-order valence-electron chi connectivity index (χ1n) is 15.8. The molecule has 0 radical (unpaired) electrons. The van der Waals surface area contributed by atoms with Crippen molar-refractivity contribution in [1.82, 2.24) is 0 Å². The van der Waals surface area contributed by atoms with Gasteiger partial charge < -0.3 is 28.4 Å². The minimum atomic E-state index is -1.35. The molecule has 1 aliphatic rings. The fourth-order valence-electron chi connectivity index (χ4n) is 5.96. The van der Waals surface area contributed by atoms with Crippen molar-refractivity contribution in [1.29, 1.82) is 0 Å². The molecule has 4 aromatic carbocycles. The number of Topliss-reactive ketones (excluding diaryl/α,β-unsaturated/α-hetero) is 1. The lowest BCUT2D eigenvalue weighted by molar-refractivity contribution is -0.292. The molecule has 1 fully saturated rings. The van der Waals surface area contributed by atoms with E-state index in [0.717, 1.165) is 16.7 Å². The van der Waals surface area contributed by atoms with Crippen LogP contribution in [-0.2, 0) is 43.7 Å². The van der Waals surface area contributed by atoms with Crippen LogP contribution in [0.25, 0.3) is 0 Å². The number of hydrogen-bond donors (Lipinski definition) is 0. The van der Waals surface area contributed by atoms with Crippen LogP contribution < -0.4 is 4.74 Å². The molecular weight excluding hydrogens is 628 g/mol. The summed E-state index contributed by atoms with van der Waals surface area (Å²) in [6.45, 7) is 4.83. The third-order valence-corrected chi connectivity index (χ3v) is 8.02. The molecule has 1 heterocycles. The summed E-state index contributed by atoms with van der Waals surface area (Å²) in [7, 11) is 0. The number of hydrogen-bond acceptors (Lipinski definition) is 10. The number of carbonyl (C=O) groups is 4. The molecule has 1 aliphatic heterocycles. The zero-order valence-electron chi connectivity index (χ0n) is 27.6. The van der Waals surface area contributed by atoms with Gasteiger partial charge in [-0.25, -0.2) is 0 Å². The molecule has 10 heteroatoms. The van der Waals surface area contributed by atoms with Gasteiger partial charge in [0.2, 0.25) is 12.4 Å². The Morgan fingerprint density at radius 3 is 1.43 bits per heavy atom. The first-order valence-corrected chi connectivity index (χ1v) is 15.8. The second kappa shape index (κ2) is 15.7. The molecule has 0 spiro atoms. The average Bonchev–Trinajstić information content (AvgIpc) is 3.09. The highest BCUT2D eigenvalue weighted by atomic mass is 16.7. The second-order valence-electron chi connectivity index (χ2n) is 11.6. The highest BCUT2D eigenvalue weighted by molar-refractivity contribution is 5.94. The molecule has 254 valence electrons. The Balaban J connectivity index is 1.60. The van der Waals surface area contributed by atoms with Crippen LogP contribution in [0.4, 0.5) is 0 Å². The maximum Gasteiger partial charge on any atom is 0.303 e. The maximum atomic E-state index is 12.5. The van der Waals surface area contributed by atoms with Crippen LogP contribution in [0, 0.1) is 0 Å². The summed E-state index contributed by atoms with van der Waals surface area (Å²) in [5, 5.41) is 0. The molecule has 10 nitrogen and oxygen atoms in total. The molecule has 0 amide bonds. The molecule has 0 bridgehead atoms. The summed E-state index contributed by atoms with van der Waals surface area (Å²) in [5.74, 6) is -1.95. The maximum absolute atomic E-state index is 12.5. The third kappa shape index (κ3) is 8.22. The van der Waals surface area contributed by atoms with Crippen molar-refractivity contribution in [3.05, 3.63) is 138 Å². The van der Waals surface area contributed by atoms with Crippen LogP contribution in [0.2, 0.25) is 0 Å². The lowest BCUT2D eigenvalue weighted by atomic mass is 9.80. The minimum absolute atomic E-state index is 0.131. The fraction of sp³-hybridized carbons (Fsp3) is 0.282. The second-order valence-corrected chi connectivity index (χ2v) is 11.6. The molecule has 4 aromatic rings. The summed E-state index contributed by atoms with van der Waals surface area (Å²) in [5.41, 5.74) is 1.75. The summed E-state index contributed by atoms with van der Waals surface area (Å²) in [4.78, 5) is 49.2. The zero-order chi connectivity index (χ0) is 35.0. The van der Waals surface area contributed by atoms with Gasteiger partial charge in [-0.2, -0.15) is 0 Å². The van der Waals surface area contributed by atoms with Gasteiger partial charge in [0.15, 0.2) is 18.0 Å². The van der Waals surface area contributed by atoms with E-state index in [-0.39, 0.29) is 18.1 Å². The Kier molecular flexibility index (Phi) is 11.2. The van der Waals surface area contributed by atoms with Gasteiger partial charge in [-0.05, 0) is 47.9 Å². The van der Waals surface area contributed by atoms with Crippen LogP contribution in [0.1, 0.15) is 54.7 Å². The molecule has 5 rings (SSSR count). The van der Waals surface area contributed by atoms with E-state index in [0.29, 0.717) is 5.56 Å². The predicted molar refractivity (Wildman–Crippen MR) is 178 cm³/mol. The third-order valence-electron chi connectivity index (χ3n) is 8.02. The first-order chi connectivity index (χ1) is 23.6. The molecule has 0 aromatic heterocycles. The Labute approximate surface area is 284 Å². The molecule has 1 saturated heterocycles. The number of benzene rings is 4. The van der Waals surface area contributed by atoms with E-state index in [4.69, 9.17) is 28.4 Å². The van der Waals surface area contributed by atoms with E-state index < -0.39 is 54.2 Å². The van der Waals surface area contributed by atoms with E-state index in [9.17, 15) is 19.2 Å². The summed E-state index contributed by atoms with van der Waals surface area (Å²) < 4.78 is 36.7. The standard InChI is InChI=1S/C39H38O10/c1-25(40)29-20-22-33(23-21-29)48-38-37(47-28(4)43)36(46-27(3)42)35(45-26(2)41)34(49-38)24-44-39(30-14-8-5-9-15-30,31-16-10-6-11-17-31)32-18-12-7-13-19-32/h5-23,34-38H,24H2,1-4H3/t34-,35-,36+,37-,38-/m1/s1. The zero-order valence-corrected chi connectivity index (χ0v) is 27.6. The van der Waals surface area contributed by atoms with Gasteiger partial charge in [-0.3, -0.25) is 19.2 Å². The largest absolute Gasteiger partial charge is 0.461 e. The lowest BCUT2D eigenvalue weighted by Gasteiger charge is -2.45. The average molecular weight is 667 g/mol. The van der Waals surface area contributed by atoms with Gasteiger partial charge in [0.1, 0.15) is 17.5 Å². The highest BCUT2D eigenvalue weighted by Gasteiger charge is 2.54. The van der Waals surface area contributed by atoms with Crippen molar-refractivity contribution in [3.8, 4) is 5.75 Å². The smallest absolute Gasteiger partial charge is 0.303 e. The van der Waals surface area contributed by atoms with E-state index in [2.05, 4.69) is 0 Å². The molecule has 0 N–H and O–H groups in total. The Bertz CT molecular complexity index is 1630. The van der Waals surface area contributed by atoms with Gasteiger partial charge in [-0.15, -0.1) is 0 Å². The van der Waals surface area contributed by atoms with Crippen molar-refractivity contribution in [3.63, 3.8) is 0 Å². The topological polar surface area (TPSA) is 124 Å². The highest BCUT2D eigenvalue weighted by Crippen LogP contribution is 2.41. The molecule has 0 aliphatic carbocycles. The minimum Gasteiger partial charge on any atom is -0.461 e. The summed E-state index contributed by atoms with van der Waals surface area (Å²) in [6.07, 6.45) is -6.41.